The van der Waals surface area contributed by atoms with Crippen LogP contribution in [0.1, 0.15) is 55.6 Å². The van der Waals surface area contributed by atoms with Crippen molar-refractivity contribution in [2.24, 2.45) is 11.1 Å². The van der Waals surface area contributed by atoms with Crippen LogP contribution in [0.5, 0.6) is 0 Å². The number of nitrogens with two attached hydrogens (primary N) is 1. The van der Waals surface area contributed by atoms with Gasteiger partial charge in [0.05, 0.1) is 11.8 Å². The molecule has 0 radical (unpaired) electrons. The Labute approximate surface area is 120 Å². The van der Waals surface area contributed by atoms with Crippen LogP contribution in [0.25, 0.3) is 0 Å². The summed E-state index contributed by atoms with van der Waals surface area (Å²) in [6.45, 7) is 7.87. The normalized spacial score (nSPS) is 21.1. The van der Waals surface area contributed by atoms with Gasteiger partial charge in [0.25, 0.3) is 5.91 Å². The van der Waals surface area contributed by atoms with E-state index < -0.39 is 0 Å². The van der Waals surface area contributed by atoms with Crippen LogP contribution in [0, 0.1) is 12.3 Å². The second kappa shape index (κ2) is 5.95. The number of nitrogens with zero attached hydrogens (tertiary/aromatic N) is 2. The van der Waals surface area contributed by atoms with E-state index in [1.807, 2.05) is 11.6 Å². The van der Waals surface area contributed by atoms with E-state index in [9.17, 15) is 4.79 Å². The number of aromatic nitrogens is 2. The lowest BCUT2D eigenvalue weighted by atomic mass is 9.92. The van der Waals surface area contributed by atoms with Crippen LogP contribution < -0.4 is 11.1 Å². The zero-order chi connectivity index (χ0) is 14.8. The molecule has 3 N–H and O–H groups in total. The molecule has 0 saturated heterocycles. The highest BCUT2D eigenvalue weighted by molar-refractivity contribution is 5.95. The van der Waals surface area contributed by atoms with Gasteiger partial charge in [-0.05, 0) is 44.6 Å². The van der Waals surface area contributed by atoms with Gasteiger partial charge in [0.1, 0.15) is 0 Å². The first kappa shape index (κ1) is 15.0. The van der Waals surface area contributed by atoms with Crippen molar-refractivity contribution >= 4 is 5.91 Å². The molecule has 1 aromatic heterocycles. The van der Waals surface area contributed by atoms with Crippen molar-refractivity contribution in [3.8, 4) is 0 Å². The molecule has 1 atom stereocenters. The smallest absolute Gasteiger partial charge is 0.254 e. The predicted molar refractivity (Wildman–Crippen MR) is 79.5 cm³/mol. The van der Waals surface area contributed by atoms with Crippen molar-refractivity contribution in [3.63, 3.8) is 0 Å². The van der Waals surface area contributed by atoms with Gasteiger partial charge in [-0.25, -0.2) is 0 Å². The molecule has 1 unspecified atom stereocenters. The van der Waals surface area contributed by atoms with E-state index in [1.54, 1.807) is 6.20 Å². The number of rotatable bonds is 5. The molecule has 5 nitrogen and oxygen atoms in total. The van der Waals surface area contributed by atoms with E-state index in [-0.39, 0.29) is 5.91 Å². The molecule has 1 aliphatic carbocycles. The van der Waals surface area contributed by atoms with Gasteiger partial charge in [-0.1, -0.05) is 13.8 Å². The molecule has 0 aliphatic heterocycles. The third kappa shape index (κ3) is 3.39. The standard InChI is InChI=1S/C15H26N4O/c1-11-13(10-17-19(11)8-4-7-16)14(20)18-12-5-6-15(2,3)9-12/h10,12H,4-9,16H2,1-3H3,(H,18,20). The second-order valence-electron chi connectivity index (χ2n) is 6.59. The molecule has 112 valence electrons. The van der Waals surface area contributed by atoms with E-state index in [1.165, 1.54) is 6.42 Å². The van der Waals surface area contributed by atoms with E-state index in [0.717, 1.165) is 31.5 Å². The minimum atomic E-state index is 0.00389. The molecule has 1 heterocycles. The zero-order valence-electron chi connectivity index (χ0n) is 12.8. The molecule has 1 aliphatic rings. The Kier molecular flexibility index (Phi) is 4.48. The molecule has 0 bridgehead atoms. The van der Waals surface area contributed by atoms with Crippen molar-refractivity contribution in [2.75, 3.05) is 6.54 Å². The average Bonchev–Trinajstić information content (AvgIpc) is 2.90. The number of nitrogens with one attached hydrogen (secondary N) is 1. The van der Waals surface area contributed by atoms with Crippen molar-refractivity contribution in [3.05, 3.63) is 17.5 Å². The summed E-state index contributed by atoms with van der Waals surface area (Å²) in [6, 6.07) is 0.296. The van der Waals surface area contributed by atoms with Crippen molar-refractivity contribution in [1.82, 2.24) is 15.1 Å². The monoisotopic (exact) mass is 278 g/mol. The molecule has 5 heteroatoms. The maximum atomic E-state index is 12.3. The van der Waals surface area contributed by atoms with Crippen LogP contribution in [0.4, 0.5) is 0 Å². The maximum Gasteiger partial charge on any atom is 0.254 e. The summed E-state index contributed by atoms with van der Waals surface area (Å²) in [4.78, 5) is 12.3. The quantitative estimate of drug-likeness (QED) is 0.863. The van der Waals surface area contributed by atoms with Crippen LogP contribution in [0.3, 0.4) is 0 Å². The second-order valence-corrected chi connectivity index (χ2v) is 6.59. The Morgan fingerprint density at radius 1 is 1.60 bits per heavy atom. The maximum absolute atomic E-state index is 12.3. The van der Waals surface area contributed by atoms with Gasteiger partial charge in [-0.15, -0.1) is 0 Å². The Balaban J connectivity index is 1.98. The molecular formula is C15H26N4O. The molecule has 1 fully saturated rings. The van der Waals surface area contributed by atoms with Crippen molar-refractivity contribution in [1.29, 1.82) is 0 Å². The minimum absolute atomic E-state index is 0.00389. The van der Waals surface area contributed by atoms with E-state index in [0.29, 0.717) is 23.6 Å². The first-order valence-corrected chi connectivity index (χ1v) is 7.46. The Morgan fingerprint density at radius 2 is 2.35 bits per heavy atom. The van der Waals surface area contributed by atoms with Gasteiger partial charge in [0.15, 0.2) is 0 Å². The summed E-state index contributed by atoms with van der Waals surface area (Å²) >= 11 is 0. The van der Waals surface area contributed by atoms with E-state index in [4.69, 9.17) is 5.73 Å². The third-order valence-electron chi connectivity index (χ3n) is 4.23. The van der Waals surface area contributed by atoms with Crippen LogP contribution in [-0.4, -0.2) is 28.3 Å². The first-order valence-electron chi connectivity index (χ1n) is 7.46. The molecule has 2 rings (SSSR count). The molecular weight excluding hydrogens is 252 g/mol. The fourth-order valence-corrected chi connectivity index (χ4v) is 2.96. The number of amides is 1. The summed E-state index contributed by atoms with van der Waals surface area (Å²) in [7, 11) is 0. The first-order chi connectivity index (χ1) is 9.43. The fourth-order valence-electron chi connectivity index (χ4n) is 2.96. The van der Waals surface area contributed by atoms with Crippen LogP contribution in [0.2, 0.25) is 0 Å². The fraction of sp³-hybridized carbons (Fsp3) is 0.733. The van der Waals surface area contributed by atoms with Gasteiger partial charge in [-0.3, -0.25) is 9.48 Å². The third-order valence-corrected chi connectivity index (χ3v) is 4.23. The lowest BCUT2D eigenvalue weighted by Crippen LogP contribution is -2.33. The van der Waals surface area contributed by atoms with E-state index in [2.05, 4.69) is 24.3 Å². The molecule has 1 saturated carbocycles. The highest BCUT2D eigenvalue weighted by Gasteiger charge is 2.32. The topological polar surface area (TPSA) is 72.9 Å². The molecule has 0 aromatic carbocycles. The zero-order valence-corrected chi connectivity index (χ0v) is 12.8. The predicted octanol–water partition coefficient (Wildman–Crippen LogP) is 1.85. The summed E-state index contributed by atoms with van der Waals surface area (Å²) in [6.07, 6.45) is 5.84. The van der Waals surface area contributed by atoms with Gasteiger partial charge in [-0.2, -0.15) is 5.10 Å². The van der Waals surface area contributed by atoms with Crippen LogP contribution in [-0.2, 0) is 6.54 Å². The van der Waals surface area contributed by atoms with Gasteiger partial charge < -0.3 is 11.1 Å². The van der Waals surface area contributed by atoms with Crippen molar-refractivity contribution < 1.29 is 4.79 Å². The highest BCUT2D eigenvalue weighted by atomic mass is 16.1. The lowest BCUT2D eigenvalue weighted by molar-refractivity contribution is 0.0935. The van der Waals surface area contributed by atoms with Gasteiger partial charge in [0, 0.05) is 18.3 Å². The van der Waals surface area contributed by atoms with Gasteiger partial charge >= 0.3 is 0 Å². The number of hydrogen-bond acceptors (Lipinski definition) is 3. The molecule has 20 heavy (non-hydrogen) atoms. The number of hydrogen-bond donors (Lipinski definition) is 2. The lowest BCUT2D eigenvalue weighted by Gasteiger charge is -2.17. The Morgan fingerprint density at radius 3 is 2.95 bits per heavy atom. The van der Waals surface area contributed by atoms with E-state index >= 15 is 0 Å². The number of carbonyl (C=O) groups is 1. The summed E-state index contributed by atoms with van der Waals surface area (Å²) < 4.78 is 1.86. The molecule has 1 aromatic rings. The number of aryl methyl sites for hydroxylation is 1. The Hall–Kier alpha value is -1.36. The number of carbonyl (C=O) groups excluding carboxylic acids is 1. The largest absolute Gasteiger partial charge is 0.349 e. The van der Waals surface area contributed by atoms with Crippen molar-refractivity contribution in [2.45, 2.75) is 59.0 Å². The summed E-state index contributed by atoms with van der Waals surface area (Å²) in [5, 5.41) is 7.42. The Bertz CT molecular complexity index is 478. The van der Waals surface area contributed by atoms with Gasteiger partial charge in [0.2, 0.25) is 0 Å². The highest BCUT2D eigenvalue weighted by Crippen LogP contribution is 2.37. The molecule has 1 amide bonds. The van der Waals surface area contributed by atoms with Crippen LogP contribution in [0.15, 0.2) is 6.20 Å². The summed E-state index contributed by atoms with van der Waals surface area (Å²) in [5.41, 5.74) is 7.46. The minimum Gasteiger partial charge on any atom is -0.349 e. The SMILES string of the molecule is Cc1c(C(=O)NC2CCC(C)(C)C2)cnn1CCCN. The molecule has 0 spiro atoms. The average molecular weight is 278 g/mol. The summed E-state index contributed by atoms with van der Waals surface area (Å²) in [5.74, 6) is 0.00389. The van der Waals surface area contributed by atoms with Crippen LogP contribution >= 0.6 is 0 Å².